The number of allylic oxidation sites excluding steroid dienone is 1. The minimum Gasteiger partial charge on any atom is -0.310 e. The van der Waals surface area contributed by atoms with Crippen LogP contribution in [0.1, 0.15) is 32.8 Å². The molecule has 0 aliphatic heterocycles. The Morgan fingerprint density at radius 1 is 1.28 bits per heavy atom. The van der Waals surface area contributed by atoms with Crippen LogP contribution in [0, 0.1) is 11.6 Å². The fourth-order valence-electron chi connectivity index (χ4n) is 1.87. The third kappa shape index (κ3) is 4.57. The lowest BCUT2D eigenvalue weighted by Crippen LogP contribution is -2.30. The highest BCUT2D eigenvalue weighted by Crippen LogP contribution is 2.15. The number of benzene rings is 1. The Morgan fingerprint density at radius 3 is 2.39 bits per heavy atom. The second-order valence-electron chi connectivity index (χ2n) is 4.71. The number of rotatable bonds is 6. The van der Waals surface area contributed by atoms with Crippen LogP contribution in [0.5, 0.6) is 0 Å². The van der Waals surface area contributed by atoms with Crippen molar-refractivity contribution in [3.05, 3.63) is 47.0 Å². The van der Waals surface area contributed by atoms with Gasteiger partial charge < -0.3 is 5.32 Å². The molecule has 1 aromatic rings. The van der Waals surface area contributed by atoms with Crippen molar-refractivity contribution in [2.45, 2.75) is 39.7 Å². The minimum absolute atomic E-state index is 0.0265. The van der Waals surface area contributed by atoms with Gasteiger partial charge in [-0.05, 0) is 45.4 Å². The van der Waals surface area contributed by atoms with Gasteiger partial charge in [0.05, 0.1) is 0 Å². The summed E-state index contributed by atoms with van der Waals surface area (Å²) in [6, 6.07) is 3.97. The summed E-state index contributed by atoms with van der Waals surface area (Å²) in [4.78, 5) is 0. The lowest BCUT2D eigenvalue weighted by atomic mass is 10.0. The van der Waals surface area contributed by atoms with E-state index in [2.05, 4.69) is 12.2 Å². The third-order valence-electron chi connectivity index (χ3n) is 2.68. The summed E-state index contributed by atoms with van der Waals surface area (Å²) in [6.45, 7) is 6.87. The fourth-order valence-corrected chi connectivity index (χ4v) is 1.87. The Labute approximate surface area is 108 Å². The molecule has 0 saturated heterocycles. The largest absolute Gasteiger partial charge is 0.310 e. The summed E-state index contributed by atoms with van der Waals surface area (Å²) in [6.07, 6.45) is 3.35. The molecule has 1 nitrogen and oxygen atoms in total. The van der Waals surface area contributed by atoms with Crippen molar-refractivity contribution in [2.24, 2.45) is 0 Å². The van der Waals surface area contributed by atoms with E-state index < -0.39 is 11.6 Å². The van der Waals surface area contributed by atoms with Gasteiger partial charge in [0.2, 0.25) is 0 Å². The van der Waals surface area contributed by atoms with Crippen LogP contribution < -0.4 is 5.32 Å². The van der Waals surface area contributed by atoms with E-state index >= 15 is 0 Å². The van der Waals surface area contributed by atoms with E-state index in [9.17, 15) is 8.78 Å². The van der Waals surface area contributed by atoms with Crippen molar-refractivity contribution in [3.63, 3.8) is 0 Å². The average molecular weight is 253 g/mol. The molecule has 0 heterocycles. The van der Waals surface area contributed by atoms with Gasteiger partial charge in [0, 0.05) is 11.6 Å². The van der Waals surface area contributed by atoms with Gasteiger partial charge in [-0.15, -0.1) is 0 Å². The predicted molar refractivity (Wildman–Crippen MR) is 71.6 cm³/mol. The minimum atomic E-state index is -0.472. The van der Waals surface area contributed by atoms with E-state index in [1.807, 2.05) is 19.9 Å². The molecule has 0 amide bonds. The standard InChI is InChI=1S/C15H21F2N/c1-4-8-18-12(9-11(2)3)10-13-14(16)6-5-7-15(13)17/h5-7,9,12,18H,4,8,10H2,1-3H3. The molecule has 1 atom stereocenters. The first kappa shape index (κ1) is 14.8. The Morgan fingerprint density at radius 2 is 1.89 bits per heavy atom. The maximum atomic E-state index is 13.6. The van der Waals surface area contributed by atoms with E-state index in [0.717, 1.165) is 18.5 Å². The van der Waals surface area contributed by atoms with Crippen LogP contribution >= 0.6 is 0 Å². The molecule has 1 unspecified atom stereocenters. The van der Waals surface area contributed by atoms with Gasteiger partial charge in [-0.1, -0.05) is 24.6 Å². The van der Waals surface area contributed by atoms with Crippen molar-refractivity contribution < 1.29 is 8.78 Å². The molecule has 18 heavy (non-hydrogen) atoms. The number of hydrogen-bond donors (Lipinski definition) is 1. The number of halogens is 2. The van der Waals surface area contributed by atoms with Crippen LogP contribution in [0.2, 0.25) is 0 Å². The van der Waals surface area contributed by atoms with Crippen molar-refractivity contribution in [3.8, 4) is 0 Å². The van der Waals surface area contributed by atoms with E-state index in [1.165, 1.54) is 18.2 Å². The molecule has 0 bridgehead atoms. The van der Waals surface area contributed by atoms with E-state index in [4.69, 9.17) is 0 Å². The zero-order valence-corrected chi connectivity index (χ0v) is 11.3. The van der Waals surface area contributed by atoms with Gasteiger partial charge in [0.15, 0.2) is 0 Å². The molecule has 1 rings (SSSR count). The number of nitrogens with one attached hydrogen (secondary N) is 1. The molecule has 3 heteroatoms. The highest BCUT2D eigenvalue weighted by atomic mass is 19.1. The van der Waals surface area contributed by atoms with Gasteiger partial charge in [0.25, 0.3) is 0 Å². The number of hydrogen-bond acceptors (Lipinski definition) is 1. The Balaban J connectivity index is 2.85. The normalized spacial score (nSPS) is 12.3. The fraction of sp³-hybridized carbons (Fsp3) is 0.467. The third-order valence-corrected chi connectivity index (χ3v) is 2.68. The average Bonchev–Trinajstić information content (AvgIpc) is 2.30. The molecule has 100 valence electrons. The molecule has 0 radical (unpaired) electrons. The molecule has 0 aliphatic rings. The molecular weight excluding hydrogens is 232 g/mol. The van der Waals surface area contributed by atoms with Crippen LogP contribution in [-0.4, -0.2) is 12.6 Å². The van der Waals surface area contributed by atoms with Crippen molar-refractivity contribution in [1.82, 2.24) is 5.32 Å². The monoisotopic (exact) mass is 253 g/mol. The van der Waals surface area contributed by atoms with Crippen LogP contribution in [-0.2, 0) is 6.42 Å². The van der Waals surface area contributed by atoms with Crippen molar-refractivity contribution >= 4 is 0 Å². The second-order valence-corrected chi connectivity index (χ2v) is 4.71. The first-order valence-electron chi connectivity index (χ1n) is 6.36. The van der Waals surface area contributed by atoms with Gasteiger partial charge in [-0.25, -0.2) is 8.78 Å². The summed E-state index contributed by atoms with van der Waals surface area (Å²) >= 11 is 0. The van der Waals surface area contributed by atoms with Crippen LogP contribution in [0.3, 0.4) is 0 Å². The maximum absolute atomic E-state index is 13.6. The maximum Gasteiger partial charge on any atom is 0.129 e. The van der Waals surface area contributed by atoms with Crippen molar-refractivity contribution in [2.75, 3.05) is 6.54 Å². The first-order chi connectivity index (χ1) is 8.54. The van der Waals surface area contributed by atoms with Gasteiger partial charge in [-0.3, -0.25) is 0 Å². The van der Waals surface area contributed by atoms with Gasteiger partial charge in [0.1, 0.15) is 11.6 Å². The van der Waals surface area contributed by atoms with Crippen LogP contribution in [0.25, 0.3) is 0 Å². The highest BCUT2D eigenvalue weighted by molar-refractivity contribution is 5.22. The second kappa shape index (κ2) is 7.27. The van der Waals surface area contributed by atoms with E-state index in [1.54, 1.807) is 0 Å². The molecule has 1 N–H and O–H groups in total. The van der Waals surface area contributed by atoms with Crippen molar-refractivity contribution in [1.29, 1.82) is 0 Å². The molecule has 0 fully saturated rings. The molecular formula is C15H21F2N. The Bertz CT molecular complexity index is 389. The van der Waals surface area contributed by atoms with E-state index in [0.29, 0.717) is 6.42 Å². The topological polar surface area (TPSA) is 12.0 Å². The summed E-state index contributed by atoms with van der Waals surface area (Å²) in [5, 5.41) is 3.29. The molecule has 0 spiro atoms. The lowest BCUT2D eigenvalue weighted by molar-refractivity contribution is 0.519. The SMILES string of the molecule is CCCNC(C=C(C)C)Cc1c(F)cccc1F. The molecule has 0 aliphatic carbocycles. The smallest absolute Gasteiger partial charge is 0.129 e. The van der Waals surface area contributed by atoms with Gasteiger partial charge >= 0.3 is 0 Å². The molecule has 0 aromatic heterocycles. The van der Waals surface area contributed by atoms with Crippen LogP contribution in [0.15, 0.2) is 29.8 Å². The summed E-state index contributed by atoms with van der Waals surface area (Å²) < 4.78 is 27.2. The lowest BCUT2D eigenvalue weighted by Gasteiger charge is -2.16. The van der Waals surface area contributed by atoms with E-state index in [-0.39, 0.29) is 11.6 Å². The Kier molecular flexibility index (Phi) is 5.99. The quantitative estimate of drug-likeness (QED) is 0.759. The predicted octanol–water partition coefficient (Wildman–Crippen LogP) is 3.84. The van der Waals surface area contributed by atoms with Crippen LogP contribution in [0.4, 0.5) is 8.78 Å². The van der Waals surface area contributed by atoms with Gasteiger partial charge in [-0.2, -0.15) is 0 Å². The summed E-state index contributed by atoms with van der Waals surface area (Å²) in [5.41, 5.74) is 1.30. The molecule has 0 saturated carbocycles. The zero-order valence-electron chi connectivity index (χ0n) is 11.3. The summed E-state index contributed by atoms with van der Waals surface area (Å²) in [5.74, 6) is -0.944. The first-order valence-corrected chi connectivity index (χ1v) is 6.36. The zero-order chi connectivity index (χ0) is 13.5. The molecule has 1 aromatic carbocycles. The Hall–Kier alpha value is -1.22. The highest BCUT2D eigenvalue weighted by Gasteiger charge is 2.13. The summed E-state index contributed by atoms with van der Waals surface area (Å²) in [7, 11) is 0.